The summed E-state index contributed by atoms with van der Waals surface area (Å²) in [5.74, 6) is 0.869. The number of benzene rings is 2. The van der Waals surface area contributed by atoms with Crippen molar-refractivity contribution in [2.45, 2.75) is 71.1 Å². The van der Waals surface area contributed by atoms with Crippen LogP contribution in [0.2, 0.25) is 0 Å². The number of nitrogens with zero attached hydrogens (tertiary/aromatic N) is 5. The van der Waals surface area contributed by atoms with Crippen molar-refractivity contribution >= 4 is 10.9 Å². The number of nitrogens with one attached hydrogen (secondary N) is 1. The number of tetrazole rings is 1. The highest BCUT2D eigenvalue weighted by Crippen LogP contribution is 2.28. The molecule has 1 aliphatic carbocycles. The molecule has 5 rings (SSSR count). The van der Waals surface area contributed by atoms with Crippen LogP contribution in [0.5, 0.6) is 0 Å². The van der Waals surface area contributed by atoms with Gasteiger partial charge in [-0.25, -0.2) is 4.68 Å². The lowest BCUT2D eigenvalue weighted by molar-refractivity contribution is 0.225. The Morgan fingerprint density at radius 3 is 2.59 bits per heavy atom. The van der Waals surface area contributed by atoms with Crippen molar-refractivity contribution in [3.63, 3.8) is 0 Å². The van der Waals surface area contributed by atoms with Gasteiger partial charge < -0.3 is 4.98 Å². The van der Waals surface area contributed by atoms with Crippen LogP contribution in [-0.2, 0) is 26.1 Å². The maximum absolute atomic E-state index is 13.0. The fourth-order valence-corrected chi connectivity index (χ4v) is 5.01. The molecule has 4 aromatic rings. The second-order valence-corrected chi connectivity index (χ2v) is 9.36. The molecule has 2 heterocycles. The Labute approximate surface area is 199 Å². The van der Waals surface area contributed by atoms with E-state index in [1.807, 2.05) is 22.9 Å². The zero-order valence-electron chi connectivity index (χ0n) is 19.8. The Hall–Kier alpha value is -3.32. The third kappa shape index (κ3) is 5.09. The minimum Gasteiger partial charge on any atom is -0.322 e. The SMILES string of the molecule is CCc1ccc2[nH]c(=O)c(CN(Cc3ccccc3)Cc3nnnn3C3CCCCC3)cc2c1. The maximum atomic E-state index is 13.0. The topological polar surface area (TPSA) is 79.7 Å². The van der Waals surface area contributed by atoms with Crippen LogP contribution in [0.3, 0.4) is 0 Å². The van der Waals surface area contributed by atoms with E-state index in [9.17, 15) is 4.79 Å². The first-order valence-corrected chi connectivity index (χ1v) is 12.4. The van der Waals surface area contributed by atoms with Gasteiger partial charge in [-0.05, 0) is 64.4 Å². The van der Waals surface area contributed by atoms with Gasteiger partial charge in [-0.3, -0.25) is 9.69 Å². The van der Waals surface area contributed by atoms with E-state index in [2.05, 4.69) is 68.7 Å². The molecular weight excluding hydrogens is 424 g/mol. The van der Waals surface area contributed by atoms with Gasteiger partial charge in [0.05, 0.1) is 12.6 Å². The second-order valence-electron chi connectivity index (χ2n) is 9.36. The van der Waals surface area contributed by atoms with Crippen LogP contribution in [0.15, 0.2) is 59.4 Å². The number of pyridine rings is 1. The molecule has 1 N–H and O–H groups in total. The van der Waals surface area contributed by atoms with Gasteiger partial charge in [0.15, 0.2) is 5.82 Å². The average Bonchev–Trinajstić information content (AvgIpc) is 3.33. The molecule has 1 saturated carbocycles. The van der Waals surface area contributed by atoms with Crippen molar-refractivity contribution in [1.29, 1.82) is 0 Å². The molecule has 0 radical (unpaired) electrons. The van der Waals surface area contributed by atoms with Crippen LogP contribution in [0.4, 0.5) is 0 Å². The first-order chi connectivity index (χ1) is 16.7. The Bertz CT molecular complexity index is 1290. The fraction of sp³-hybridized carbons (Fsp3) is 0.407. The molecule has 7 nitrogen and oxygen atoms in total. The van der Waals surface area contributed by atoms with Crippen LogP contribution >= 0.6 is 0 Å². The van der Waals surface area contributed by atoms with E-state index < -0.39 is 0 Å². The van der Waals surface area contributed by atoms with E-state index in [0.717, 1.165) is 41.6 Å². The molecule has 0 amide bonds. The van der Waals surface area contributed by atoms with E-state index in [1.54, 1.807) is 0 Å². The van der Waals surface area contributed by atoms with Crippen LogP contribution in [0, 0.1) is 0 Å². The molecule has 176 valence electrons. The highest BCUT2D eigenvalue weighted by atomic mass is 16.1. The molecule has 2 aromatic carbocycles. The van der Waals surface area contributed by atoms with Crippen molar-refractivity contribution in [1.82, 2.24) is 30.1 Å². The molecule has 7 heteroatoms. The van der Waals surface area contributed by atoms with Gasteiger partial charge >= 0.3 is 0 Å². The number of aromatic amines is 1. The lowest BCUT2D eigenvalue weighted by atomic mass is 9.95. The zero-order chi connectivity index (χ0) is 23.3. The number of rotatable bonds is 8. The normalized spacial score (nSPS) is 14.8. The quantitative estimate of drug-likeness (QED) is 0.413. The predicted molar refractivity (Wildman–Crippen MR) is 133 cm³/mol. The zero-order valence-corrected chi connectivity index (χ0v) is 19.8. The number of aromatic nitrogens is 5. The van der Waals surface area contributed by atoms with E-state index in [4.69, 9.17) is 0 Å². The summed E-state index contributed by atoms with van der Waals surface area (Å²) in [6.07, 6.45) is 6.96. The summed E-state index contributed by atoms with van der Waals surface area (Å²) in [5, 5.41) is 13.8. The van der Waals surface area contributed by atoms with Crippen molar-refractivity contribution in [3.05, 3.63) is 87.5 Å². The number of hydrogen-bond donors (Lipinski definition) is 1. The summed E-state index contributed by atoms with van der Waals surface area (Å²) in [7, 11) is 0. The average molecular weight is 457 g/mol. The van der Waals surface area contributed by atoms with Gasteiger partial charge in [-0.1, -0.05) is 62.6 Å². The summed E-state index contributed by atoms with van der Waals surface area (Å²) in [6.45, 7) is 3.97. The van der Waals surface area contributed by atoms with Crippen molar-refractivity contribution in [2.75, 3.05) is 0 Å². The van der Waals surface area contributed by atoms with Gasteiger partial charge in [0.25, 0.3) is 5.56 Å². The second kappa shape index (κ2) is 10.3. The van der Waals surface area contributed by atoms with E-state index in [1.165, 1.54) is 30.4 Å². The molecule has 0 spiro atoms. The monoisotopic (exact) mass is 456 g/mol. The van der Waals surface area contributed by atoms with Crippen LogP contribution in [0.1, 0.15) is 67.6 Å². The first-order valence-electron chi connectivity index (χ1n) is 12.4. The van der Waals surface area contributed by atoms with Crippen LogP contribution < -0.4 is 5.56 Å². The molecule has 2 aromatic heterocycles. The van der Waals surface area contributed by atoms with Gasteiger partial charge in [0.2, 0.25) is 0 Å². The maximum Gasteiger partial charge on any atom is 0.252 e. The predicted octanol–water partition coefficient (Wildman–Crippen LogP) is 4.78. The summed E-state index contributed by atoms with van der Waals surface area (Å²) in [6, 6.07) is 19.0. The van der Waals surface area contributed by atoms with E-state index in [-0.39, 0.29) is 5.56 Å². The van der Waals surface area contributed by atoms with Crippen LogP contribution in [-0.4, -0.2) is 30.1 Å². The van der Waals surface area contributed by atoms with Gasteiger partial charge in [-0.2, -0.15) is 0 Å². The Kier molecular flexibility index (Phi) is 6.81. The van der Waals surface area contributed by atoms with Gasteiger partial charge in [0, 0.05) is 24.2 Å². The largest absolute Gasteiger partial charge is 0.322 e. The number of hydrogen-bond acceptors (Lipinski definition) is 5. The minimum atomic E-state index is -0.0401. The summed E-state index contributed by atoms with van der Waals surface area (Å²) in [5.41, 5.74) is 4.06. The standard InChI is InChI=1S/C27H32N6O/c1-2-20-13-14-25-22(15-20)16-23(27(34)28-25)18-32(17-21-9-5-3-6-10-21)19-26-29-30-31-33(26)24-11-7-4-8-12-24/h3,5-6,9-10,13-16,24H,2,4,7-8,11-12,17-19H2,1H3,(H,28,34). The first kappa shape index (κ1) is 22.5. The number of aryl methyl sites for hydroxylation is 1. The van der Waals surface area contributed by atoms with Crippen molar-refractivity contribution in [2.24, 2.45) is 0 Å². The number of H-pyrrole nitrogens is 1. The molecule has 0 atom stereocenters. The molecule has 0 unspecified atom stereocenters. The smallest absolute Gasteiger partial charge is 0.252 e. The number of fused-ring (bicyclic) bond motifs is 1. The van der Waals surface area contributed by atoms with Crippen molar-refractivity contribution in [3.8, 4) is 0 Å². The highest BCUT2D eigenvalue weighted by Gasteiger charge is 2.22. The Morgan fingerprint density at radius 2 is 1.79 bits per heavy atom. The molecular formula is C27H32N6O. The molecule has 0 bridgehead atoms. The van der Waals surface area contributed by atoms with Gasteiger partial charge in [-0.15, -0.1) is 5.10 Å². The van der Waals surface area contributed by atoms with E-state index >= 15 is 0 Å². The van der Waals surface area contributed by atoms with Crippen LogP contribution in [0.25, 0.3) is 10.9 Å². The lowest BCUT2D eigenvalue weighted by Crippen LogP contribution is -2.29. The Balaban J connectivity index is 1.44. The molecule has 0 saturated heterocycles. The van der Waals surface area contributed by atoms with Crippen molar-refractivity contribution < 1.29 is 0 Å². The third-order valence-corrected chi connectivity index (χ3v) is 6.88. The molecule has 0 aliphatic heterocycles. The summed E-state index contributed by atoms with van der Waals surface area (Å²) in [4.78, 5) is 18.3. The van der Waals surface area contributed by atoms with Gasteiger partial charge in [0.1, 0.15) is 0 Å². The molecule has 1 fully saturated rings. The fourth-order valence-electron chi connectivity index (χ4n) is 5.01. The highest BCUT2D eigenvalue weighted by molar-refractivity contribution is 5.79. The van der Waals surface area contributed by atoms with E-state index in [0.29, 0.717) is 25.7 Å². The molecule has 34 heavy (non-hydrogen) atoms. The third-order valence-electron chi connectivity index (χ3n) is 6.88. The Morgan fingerprint density at radius 1 is 0.971 bits per heavy atom. The summed E-state index contributed by atoms with van der Waals surface area (Å²) >= 11 is 0. The summed E-state index contributed by atoms with van der Waals surface area (Å²) < 4.78 is 2.02. The molecule has 1 aliphatic rings. The minimum absolute atomic E-state index is 0.0401. The lowest BCUT2D eigenvalue weighted by Gasteiger charge is -2.25.